The Kier molecular flexibility index (Phi) is 1.71. The highest BCUT2D eigenvalue weighted by molar-refractivity contribution is 4.93. The van der Waals surface area contributed by atoms with Gasteiger partial charge in [0.2, 0.25) is 0 Å². The van der Waals surface area contributed by atoms with Crippen molar-refractivity contribution in [3.63, 3.8) is 0 Å². The van der Waals surface area contributed by atoms with Crippen LogP contribution in [0.3, 0.4) is 0 Å². The molecule has 0 aromatic rings. The molecular weight excluding hydrogens is 136 g/mol. The molecule has 0 heterocycles. The van der Waals surface area contributed by atoms with Gasteiger partial charge in [0, 0.05) is 0 Å². The Morgan fingerprint density at radius 3 is 2.00 bits per heavy atom. The molecule has 2 rings (SSSR count). The zero-order chi connectivity index (χ0) is 7.90. The summed E-state index contributed by atoms with van der Waals surface area (Å²) in [6.07, 6.45) is 7.69. The Balaban J connectivity index is 2.03. The zero-order valence-corrected chi connectivity index (χ0v) is 7.34. The molecule has 2 aliphatic carbocycles. The SMILES string of the molecule is CC1(O)CC2CCCC[C@H]2C1. The Hall–Kier alpha value is -0.0400. The monoisotopic (exact) mass is 154 g/mol. The molecule has 0 amide bonds. The van der Waals surface area contributed by atoms with Gasteiger partial charge in [0.15, 0.2) is 0 Å². The first kappa shape index (κ1) is 7.60. The van der Waals surface area contributed by atoms with E-state index < -0.39 is 0 Å². The van der Waals surface area contributed by atoms with Gasteiger partial charge in [-0.2, -0.15) is 0 Å². The third-order valence-electron chi connectivity index (χ3n) is 3.47. The van der Waals surface area contributed by atoms with Gasteiger partial charge in [-0.1, -0.05) is 25.7 Å². The first-order chi connectivity index (χ1) is 5.17. The van der Waals surface area contributed by atoms with Crippen molar-refractivity contribution >= 4 is 0 Å². The van der Waals surface area contributed by atoms with Crippen molar-refractivity contribution in [1.29, 1.82) is 0 Å². The fourth-order valence-corrected chi connectivity index (χ4v) is 3.03. The van der Waals surface area contributed by atoms with Gasteiger partial charge in [-0.15, -0.1) is 0 Å². The molecule has 2 fully saturated rings. The lowest BCUT2D eigenvalue weighted by Gasteiger charge is -2.23. The quantitative estimate of drug-likeness (QED) is 0.568. The Labute approximate surface area is 68.8 Å². The predicted molar refractivity (Wildman–Crippen MR) is 45.3 cm³/mol. The van der Waals surface area contributed by atoms with Crippen LogP contribution in [0.2, 0.25) is 0 Å². The van der Waals surface area contributed by atoms with E-state index in [0.717, 1.165) is 24.7 Å². The molecule has 1 heteroatoms. The van der Waals surface area contributed by atoms with Gasteiger partial charge >= 0.3 is 0 Å². The van der Waals surface area contributed by atoms with E-state index in [-0.39, 0.29) is 5.60 Å². The van der Waals surface area contributed by atoms with E-state index in [4.69, 9.17) is 0 Å². The summed E-state index contributed by atoms with van der Waals surface area (Å²) in [6, 6.07) is 0. The highest BCUT2D eigenvalue weighted by atomic mass is 16.3. The maximum absolute atomic E-state index is 9.83. The largest absolute Gasteiger partial charge is 0.390 e. The molecule has 0 spiro atoms. The number of hydrogen-bond donors (Lipinski definition) is 1. The minimum absolute atomic E-state index is 0.320. The van der Waals surface area contributed by atoms with Crippen molar-refractivity contribution in [3.05, 3.63) is 0 Å². The summed E-state index contributed by atoms with van der Waals surface area (Å²) in [6.45, 7) is 2.01. The van der Waals surface area contributed by atoms with E-state index in [1.54, 1.807) is 0 Å². The van der Waals surface area contributed by atoms with Gasteiger partial charge in [-0.25, -0.2) is 0 Å². The third kappa shape index (κ3) is 1.44. The lowest BCUT2D eigenvalue weighted by Crippen LogP contribution is -2.18. The average Bonchev–Trinajstić information content (AvgIpc) is 2.21. The highest BCUT2D eigenvalue weighted by Gasteiger charge is 2.41. The van der Waals surface area contributed by atoms with E-state index in [9.17, 15) is 5.11 Å². The molecule has 1 nitrogen and oxygen atoms in total. The molecular formula is C10H18O. The molecule has 64 valence electrons. The maximum Gasteiger partial charge on any atom is 0.0625 e. The number of rotatable bonds is 0. The Morgan fingerprint density at radius 2 is 1.55 bits per heavy atom. The maximum atomic E-state index is 9.83. The van der Waals surface area contributed by atoms with E-state index in [1.807, 2.05) is 6.92 Å². The summed E-state index contributed by atoms with van der Waals surface area (Å²) in [5, 5.41) is 9.83. The molecule has 3 atom stereocenters. The minimum atomic E-state index is -0.320. The smallest absolute Gasteiger partial charge is 0.0625 e. The van der Waals surface area contributed by atoms with Gasteiger partial charge in [-0.05, 0) is 31.6 Å². The Bertz CT molecular complexity index is 135. The molecule has 0 aromatic heterocycles. The van der Waals surface area contributed by atoms with Crippen LogP contribution < -0.4 is 0 Å². The van der Waals surface area contributed by atoms with Crippen molar-refractivity contribution in [2.24, 2.45) is 11.8 Å². The van der Waals surface area contributed by atoms with Crippen LogP contribution in [-0.4, -0.2) is 10.7 Å². The van der Waals surface area contributed by atoms with Crippen molar-refractivity contribution in [3.8, 4) is 0 Å². The molecule has 0 saturated heterocycles. The van der Waals surface area contributed by atoms with Gasteiger partial charge in [0.1, 0.15) is 0 Å². The van der Waals surface area contributed by atoms with Crippen LogP contribution in [0.5, 0.6) is 0 Å². The molecule has 0 bridgehead atoms. The lowest BCUT2D eigenvalue weighted by atomic mass is 9.82. The minimum Gasteiger partial charge on any atom is -0.390 e. The van der Waals surface area contributed by atoms with Crippen molar-refractivity contribution < 1.29 is 5.11 Å². The van der Waals surface area contributed by atoms with Crippen LogP contribution in [0.4, 0.5) is 0 Å². The molecule has 0 aliphatic heterocycles. The van der Waals surface area contributed by atoms with Crippen LogP contribution in [0.25, 0.3) is 0 Å². The van der Waals surface area contributed by atoms with Crippen LogP contribution in [-0.2, 0) is 0 Å². The molecule has 1 N–H and O–H groups in total. The number of fused-ring (bicyclic) bond motifs is 1. The fraction of sp³-hybridized carbons (Fsp3) is 1.00. The molecule has 2 aliphatic rings. The lowest BCUT2D eigenvalue weighted by molar-refractivity contribution is 0.0612. The van der Waals surface area contributed by atoms with Gasteiger partial charge in [0.25, 0.3) is 0 Å². The second-order valence-corrected chi connectivity index (χ2v) is 4.71. The second kappa shape index (κ2) is 2.48. The van der Waals surface area contributed by atoms with Crippen molar-refractivity contribution in [1.82, 2.24) is 0 Å². The van der Waals surface area contributed by atoms with Crippen molar-refractivity contribution in [2.75, 3.05) is 0 Å². The van der Waals surface area contributed by atoms with E-state index in [1.165, 1.54) is 25.7 Å². The van der Waals surface area contributed by atoms with Crippen LogP contribution in [0.1, 0.15) is 45.4 Å². The molecule has 2 saturated carbocycles. The summed E-state index contributed by atoms with van der Waals surface area (Å²) in [4.78, 5) is 0. The first-order valence-electron chi connectivity index (χ1n) is 4.90. The van der Waals surface area contributed by atoms with Gasteiger partial charge in [-0.3, -0.25) is 0 Å². The average molecular weight is 154 g/mol. The van der Waals surface area contributed by atoms with Gasteiger partial charge in [0.05, 0.1) is 5.60 Å². The van der Waals surface area contributed by atoms with Crippen molar-refractivity contribution in [2.45, 2.75) is 51.0 Å². The zero-order valence-electron chi connectivity index (χ0n) is 7.34. The standard InChI is InChI=1S/C10H18O/c1-10(11)6-8-4-2-3-5-9(8)7-10/h8-9,11H,2-7H2,1H3/t8-,9?,10?/m0/s1. The Morgan fingerprint density at radius 1 is 1.09 bits per heavy atom. The molecule has 2 unspecified atom stereocenters. The highest BCUT2D eigenvalue weighted by Crippen LogP contribution is 2.46. The first-order valence-corrected chi connectivity index (χ1v) is 4.90. The van der Waals surface area contributed by atoms with Gasteiger partial charge < -0.3 is 5.11 Å². The van der Waals surface area contributed by atoms with Crippen LogP contribution >= 0.6 is 0 Å². The molecule has 11 heavy (non-hydrogen) atoms. The fourth-order valence-electron chi connectivity index (χ4n) is 3.03. The predicted octanol–water partition coefficient (Wildman–Crippen LogP) is 2.34. The molecule has 0 aromatic carbocycles. The van der Waals surface area contributed by atoms with E-state index >= 15 is 0 Å². The topological polar surface area (TPSA) is 20.2 Å². The van der Waals surface area contributed by atoms with Crippen LogP contribution in [0, 0.1) is 11.8 Å². The number of aliphatic hydroxyl groups is 1. The summed E-state index contributed by atoms with van der Waals surface area (Å²) >= 11 is 0. The summed E-state index contributed by atoms with van der Waals surface area (Å²) < 4.78 is 0. The number of hydrogen-bond acceptors (Lipinski definition) is 1. The summed E-state index contributed by atoms with van der Waals surface area (Å²) in [7, 11) is 0. The second-order valence-electron chi connectivity index (χ2n) is 4.71. The van der Waals surface area contributed by atoms with E-state index in [2.05, 4.69) is 0 Å². The molecule has 0 radical (unpaired) electrons. The summed E-state index contributed by atoms with van der Waals surface area (Å²) in [5.41, 5.74) is -0.320. The summed E-state index contributed by atoms with van der Waals surface area (Å²) in [5.74, 6) is 1.72. The van der Waals surface area contributed by atoms with Crippen LogP contribution in [0.15, 0.2) is 0 Å². The third-order valence-corrected chi connectivity index (χ3v) is 3.47. The normalized spacial score (nSPS) is 50.7. The van der Waals surface area contributed by atoms with E-state index in [0.29, 0.717) is 0 Å².